The molecule has 0 atom stereocenters. The van der Waals surface area contributed by atoms with Crippen molar-refractivity contribution in [1.29, 1.82) is 0 Å². The summed E-state index contributed by atoms with van der Waals surface area (Å²) in [6.07, 6.45) is 7.88. The van der Waals surface area contributed by atoms with Crippen LogP contribution in [0.3, 0.4) is 0 Å². The normalized spacial score (nSPS) is 16.6. The van der Waals surface area contributed by atoms with Crippen LogP contribution in [0.1, 0.15) is 51.5 Å². The molecule has 3 heteroatoms. The van der Waals surface area contributed by atoms with E-state index in [2.05, 4.69) is 0 Å². The standard InChI is InChI=1S/C19H26O3/c1-14(2)22-17-11-9-16(10-12-17)18(13-19(20)21-3)15-7-5-4-6-8-15/h9-15H,4-8H2,1-3H3. The topological polar surface area (TPSA) is 35.5 Å². The van der Waals surface area contributed by atoms with E-state index in [1.165, 1.54) is 26.4 Å². The van der Waals surface area contributed by atoms with Crippen LogP contribution in [-0.2, 0) is 9.53 Å². The smallest absolute Gasteiger partial charge is 0.330 e. The lowest BCUT2D eigenvalue weighted by atomic mass is 9.81. The van der Waals surface area contributed by atoms with Gasteiger partial charge < -0.3 is 9.47 Å². The Kier molecular flexibility index (Phi) is 6.05. The van der Waals surface area contributed by atoms with Crippen molar-refractivity contribution >= 4 is 11.5 Å². The minimum absolute atomic E-state index is 0.161. The van der Waals surface area contributed by atoms with Crippen molar-refractivity contribution in [1.82, 2.24) is 0 Å². The van der Waals surface area contributed by atoms with E-state index in [-0.39, 0.29) is 12.1 Å². The molecule has 1 aromatic carbocycles. The molecule has 3 nitrogen and oxygen atoms in total. The Balaban J connectivity index is 2.24. The summed E-state index contributed by atoms with van der Waals surface area (Å²) in [5.74, 6) is 1.03. The third kappa shape index (κ3) is 4.62. The molecule has 0 N–H and O–H groups in total. The number of hydrogen-bond donors (Lipinski definition) is 0. The van der Waals surface area contributed by atoms with Gasteiger partial charge in [0.25, 0.3) is 0 Å². The van der Waals surface area contributed by atoms with Gasteiger partial charge in [-0.1, -0.05) is 31.4 Å². The summed E-state index contributed by atoms with van der Waals surface area (Å²) in [6.45, 7) is 4.02. The fourth-order valence-corrected chi connectivity index (χ4v) is 3.03. The summed E-state index contributed by atoms with van der Waals surface area (Å²) in [5.41, 5.74) is 2.19. The number of carbonyl (C=O) groups excluding carboxylic acids is 1. The van der Waals surface area contributed by atoms with Gasteiger partial charge in [-0.3, -0.25) is 0 Å². The fourth-order valence-electron chi connectivity index (χ4n) is 3.03. The summed E-state index contributed by atoms with van der Waals surface area (Å²) in [6, 6.07) is 8.04. The molecule has 0 bridgehead atoms. The van der Waals surface area contributed by atoms with Crippen molar-refractivity contribution in [2.45, 2.75) is 52.1 Å². The Labute approximate surface area is 133 Å². The van der Waals surface area contributed by atoms with Crippen LogP contribution < -0.4 is 4.74 Å². The van der Waals surface area contributed by atoms with Crippen LogP contribution in [0.4, 0.5) is 0 Å². The molecule has 1 aromatic rings. The van der Waals surface area contributed by atoms with Gasteiger partial charge in [-0.05, 0) is 55.9 Å². The van der Waals surface area contributed by atoms with Crippen LogP contribution in [-0.4, -0.2) is 19.2 Å². The van der Waals surface area contributed by atoms with Crippen molar-refractivity contribution in [2.75, 3.05) is 7.11 Å². The van der Waals surface area contributed by atoms with Crippen LogP contribution in [0.25, 0.3) is 5.57 Å². The van der Waals surface area contributed by atoms with Gasteiger partial charge in [-0.25, -0.2) is 4.79 Å². The third-order valence-electron chi connectivity index (χ3n) is 4.08. The molecule has 0 spiro atoms. The molecule has 1 fully saturated rings. The van der Waals surface area contributed by atoms with E-state index in [1.807, 2.05) is 38.1 Å². The van der Waals surface area contributed by atoms with E-state index >= 15 is 0 Å². The van der Waals surface area contributed by atoms with Crippen LogP contribution in [0.5, 0.6) is 5.75 Å². The highest BCUT2D eigenvalue weighted by Crippen LogP contribution is 2.36. The minimum atomic E-state index is -0.275. The number of rotatable bonds is 5. The Morgan fingerprint density at radius 2 is 1.77 bits per heavy atom. The van der Waals surface area contributed by atoms with E-state index in [1.54, 1.807) is 6.08 Å². The first kappa shape index (κ1) is 16.6. The lowest BCUT2D eigenvalue weighted by Crippen LogP contribution is -2.11. The number of ether oxygens (including phenoxy) is 2. The predicted molar refractivity (Wildman–Crippen MR) is 88.8 cm³/mol. The molecule has 2 rings (SSSR count). The van der Waals surface area contributed by atoms with E-state index < -0.39 is 0 Å². The van der Waals surface area contributed by atoms with Gasteiger partial charge in [0, 0.05) is 6.08 Å². The zero-order valence-electron chi connectivity index (χ0n) is 13.8. The molecule has 0 unspecified atom stereocenters. The number of methoxy groups -OCH3 is 1. The van der Waals surface area contributed by atoms with Gasteiger partial charge in [0.1, 0.15) is 5.75 Å². The summed E-state index contributed by atoms with van der Waals surface area (Å²) in [4.78, 5) is 11.7. The molecule has 1 aliphatic carbocycles. The Morgan fingerprint density at radius 3 is 2.32 bits per heavy atom. The summed E-state index contributed by atoms with van der Waals surface area (Å²) in [5, 5.41) is 0. The molecule has 1 saturated carbocycles. The molecule has 0 aliphatic heterocycles. The molecule has 0 amide bonds. The third-order valence-corrected chi connectivity index (χ3v) is 4.08. The second kappa shape index (κ2) is 8.02. The fraction of sp³-hybridized carbons (Fsp3) is 0.526. The van der Waals surface area contributed by atoms with Crippen molar-refractivity contribution < 1.29 is 14.3 Å². The molecule has 0 saturated heterocycles. The monoisotopic (exact) mass is 302 g/mol. The van der Waals surface area contributed by atoms with Gasteiger partial charge in [-0.2, -0.15) is 0 Å². The number of benzene rings is 1. The van der Waals surface area contributed by atoms with Gasteiger partial charge >= 0.3 is 5.97 Å². The average molecular weight is 302 g/mol. The molecule has 120 valence electrons. The summed E-state index contributed by atoms with van der Waals surface area (Å²) >= 11 is 0. The number of allylic oxidation sites excluding steroid dienone is 1. The van der Waals surface area contributed by atoms with Crippen molar-refractivity contribution in [3.63, 3.8) is 0 Å². The molecule has 22 heavy (non-hydrogen) atoms. The van der Waals surface area contributed by atoms with Crippen LogP contribution in [0, 0.1) is 5.92 Å². The highest BCUT2D eigenvalue weighted by atomic mass is 16.5. The van der Waals surface area contributed by atoms with Gasteiger partial charge in [0.2, 0.25) is 0 Å². The Morgan fingerprint density at radius 1 is 1.14 bits per heavy atom. The second-order valence-electron chi connectivity index (χ2n) is 6.15. The quantitative estimate of drug-likeness (QED) is 0.588. The SMILES string of the molecule is COC(=O)C=C(c1ccc(OC(C)C)cc1)C1CCCCC1. The largest absolute Gasteiger partial charge is 0.491 e. The first-order chi connectivity index (χ1) is 10.6. The zero-order chi connectivity index (χ0) is 15.9. The second-order valence-corrected chi connectivity index (χ2v) is 6.15. The highest BCUT2D eigenvalue weighted by Gasteiger charge is 2.20. The van der Waals surface area contributed by atoms with Gasteiger partial charge in [0.05, 0.1) is 13.2 Å². The van der Waals surface area contributed by atoms with Gasteiger partial charge in [-0.15, -0.1) is 0 Å². The predicted octanol–water partition coefficient (Wildman–Crippen LogP) is 4.61. The molecular weight excluding hydrogens is 276 g/mol. The molecule has 1 aliphatic rings. The Bertz CT molecular complexity index is 508. The molecule has 0 radical (unpaired) electrons. The maximum atomic E-state index is 11.7. The van der Waals surface area contributed by atoms with E-state index in [9.17, 15) is 4.79 Å². The van der Waals surface area contributed by atoms with Crippen molar-refractivity contribution in [3.05, 3.63) is 35.9 Å². The number of carbonyl (C=O) groups is 1. The van der Waals surface area contributed by atoms with Crippen molar-refractivity contribution in [2.24, 2.45) is 5.92 Å². The van der Waals surface area contributed by atoms with Crippen LogP contribution in [0.2, 0.25) is 0 Å². The lowest BCUT2D eigenvalue weighted by Gasteiger charge is -2.25. The molecule has 0 heterocycles. The summed E-state index contributed by atoms with van der Waals surface area (Å²) in [7, 11) is 1.43. The minimum Gasteiger partial charge on any atom is -0.491 e. The summed E-state index contributed by atoms with van der Waals surface area (Å²) < 4.78 is 10.5. The van der Waals surface area contributed by atoms with E-state index in [0.717, 1.165) is 29.7 Å². The van der Waals surface area contributed by atoms with Crippen LogP contribution >= 0.6 is 0 Å². The average Bonchev–Trinajstić information content (AvgIpc) is 2.53. The first-order valence-electron chi connectivity index (χ1n) is 8.16. The van der Waals surface area contributed by atoms with Crippen LogP contribution in [0.15, 0.2) is 30.3 Å². The lowest BCUT2D eigenvalue weighted by molar-refractivity contribution is -0.134. The maximum absolute atomic E-state index is 11.7. The zero-order valence-corrected chi connectivity index (χ0v) is 13.8. The van der Waals surface area contributed by atoms with E-state index in [0.29, 0.717) is 5.92 Å². The van der Waals surface area contributed by atoms with Crippen molar-refractivity contribution in [3.8, 4) is 5.75 Å². The highest BCUT2D eigenvalue weighted by molar-refractivity contribution is 5.91. The maximum Gasteiger partial charge on any atom is 0.330 e. The molecular formula is C19H26O3. The first-order valence-corrected chi connectivity index (χ1v) is 8.16. The number of hydrogen-bond acceptors (Lipinski definition) is 3. The Hall–Kier alpha value is -1.77. The van der Waals surface area contributed by atoms with E-state index in [4.69, 9.17) is 9.47 Å². The van der Waals surface area contributed by atoms with Gasteiger partial charge in [0.15, 0.2) is 0 Å². The number of esters is 1. The molecule has 0 aromatic heterocycles.